The quantitative estimate of drug-likeness (QED) is 0.494. The van der Waals surface area contributed by atoms with Gasteiger partial charge >= 0.3 is 0 Å². The summed E-state index contributed by atoms with van der Waals surface area (Å²) in [6.07, 6.45) is 2.39. The van der Waals surface area contributed by atoms with Gasteiger partial charge in [0, 0.05) is 22.5 Å². The molecular formula is C22H27N3O2S. The topological polar surface area (TPSA) is 74.2 Å². The van der Waals surface area contributed by atoms with Crippen molar-refractivity contribution in [2.45, 2.75) is 51.7 Å². The summed E-state index contributed by atoms with van der Waals surface area (Å²) in [5.74, 6) is -0.169. The first-order valence-corrected chi connectivity index (χ1v) is 10.4. The molecule has 0 spiro atoms. The smallest absolute Gasteiger partial charge is 0.271 e. The number of benzene rings is 2. The van der Waals surface area contributed by atoms with Gasteiger partial charge in [-0.1, -0.05) is 36.4 Å². The van der Waals surface area contributed by atoms with Crippen LogP contribution in [0.15, 0.2) is 47.8 Å². The minimum Gasteiger partial charge on any atom is -0.390 e. The number of aliphatic hydroxyl groups is 1. The van der Waals surface area contributed by atoms with E-state index in [2.05, 4.69) is 33.8 Å². The number of hydrogen-bond acceptors (Lipinski definition) is 5. The van der Waals surface area contributed by atoms with Gasteiger partial charge in [0.25, 0.3) is 5.91 Å². The summed E-state index contributed by atoms with van der Waals surface area (Å²) in [7, 11) is 0. The average molecular weight is 398 g/mol. The van der Waals surface area contributed by atoms with Crippen LogP contribution in [0.1, 0.15) is 50.5 Å². The molecule has 0 unspecified atom stereocenters. The maximum Gasteiger partial charge on any atom is 0.271 e. The van der Waals surface area contributed by atoms with E-state index < -0.39 is 5.60 Å². The van der Waals surface area contributed by atoms with Crippen LogP contribution >= 0.6 is 11.3 Å². The third-order valence-corrected chi connectivity index (χ3v) is 5.33. The van der Waals surface area contributed by atoms with E-state index in [1.165, 1.54) is 11.3 Å². The zero-order valence-electron chi connectivity index (χ0n) is 16.5. The Labute approximate surface area is 169 Å². The van der Waals surface area contributed by atoms with Crippen LogP contribution < -0.4 is 10.6 Å². The van der Waals surface area contributed by atoms with Crippen LogP contribution in [-0.2, 0) is 0 Å². The van der Waals surface area contributed by atoms with E-state index in [0.717, 1.165) is 29.3 Å². The Morgan fingerprint density at radius 2 is 1.96 bits per heavy atom. The second-order valence-corrected chi connectivity index (χ2v) is 8.63. The Hall–Kier alpha value is -2.44. The Morgan fingerprint density at radius 3 is 2.75 bits per heavy atom. The summed E-state index contributed by atoms with van der Waals surface area (Å²) in [6.45, 7) is 5.58. The number of rotatable bonds is 8. The number of nitrogens with zero attached hydrogens (tertiary/aromatic N) is 1. The molecule has 148 valence electrons. The number of thiazole rings is 1. The zero-order chi connectivity index (χ0) is 20.1. The van der Waals surface area contributed by atoms with Gasteiger partial charge in [0.15, 0.2) is 5.13 Å². The predicted octanol–water partition coefficient (Wildman–Crippen LogP) is 5.10. The molecule has 6 heteroatoms. The SMILES string of the molecule is C[C@H](CCCC(C)(C)O)NC(=O)c1csc(Nc2cccc3ccccc23)n1. The maximum atomic E-state index is 12.4. The number of carbonyl (C=O) groups is 1. The van der Waals surface area contributed by atoms with Gasteiger partial charge in [-0.05, 0) is 51.5 Å². The van der Waals surface area contributed by atoms with E-state index in [-0.39, 0.29) is 11.9 Å². The van der Waals surface area contributed by atoms with Crippen LogP contribution in [0.25, 0.3) is 10.8 Å². The van der Waals surface area contributed by atoms with Crippen molar-refractivity contribution in [2.24, 2.45) is 0 Å². The molecule has 5 nitrogen and oxygen atoms in total. The molecule has 3 aromatic rings. The van der Waals surface area contributed by atoms with Crippen molar-refractivity contribution in [1.29, 1.82) is 0 Å². The highest BCUT2D eigenvalue weighted by Gasteiger charge is 2.16. The second kappa shape index (κ2) is 8.71. The molecule has 1 atom stereocenters. The Bertz CT molecular complexity index is 941. The molecule has 0 saturated heterocycles. The lowest BCUT2D eigenvalue weighted by molar-refractivity contribution is 0.0674. The lowest BCUT2D eigenvalue weighted by Crippen LogP contribution is -2.33. The van der Waals surface area contributed by atoms with Crippen LogP contribution in [0.4, 0.5) is 10.8 Å². The van der Waals surface area contributed by atoms with Gasteiger partial charge in [-0.25, -0.2) is 4.98 Å². The van der Waals surface area contributed by atoms with Gasteiger partial charge in [0.1, 0.15) is 5.69 Å². The fraction of sp³-hybridized carbons (Fsp3) is 0.364. The Kier molecular flexibility index (Phi) is 6.31. The van der Waals surface area contributed by atoms with Crippen LogP contribution in [-0.4, -0.2) is 27.6 Å². The second-order valence-electron chi connectivity index (χ2n) is 7.77. The molecule has 0 saturated carbocycles. The van der Waals surface area contributed by atoms with Crippen LogP contribution in [0.5, 0.6) is 0 Å². The minimum atomic E-state index is -0.666. The molecule has 0 bridgehead atoms. The first kappa shape index (κ1) is 20.3. The Morgan fingerprint density at radius 1 is 1.21 bits per heavy atom. The molecule has 2 aromatic carbocycles. The first-order chi connectivity index (χ1) is 13.3. The van der Waals surface area contributed by atoms with Gasteiger partial charge in [0.2, 0.25) is 0 Å². The molecule has 0 fully saturated rings. The fourth-order valence-electron chi connectivity index (χ4n) is 3.10. The molecule has 0 radical (unpaired) electrons. The van der Waals surface area contributed by atoms with Crippen molar-refractivity contribution in [2.75, 3.05) is 5.32 Å². The van der Waals surface area contributed by atoms with Gasteiger partial charge < -0.3 is 15.7 Å². The molecule has 1 aromatic heterocycles. The summed E-state index contributed by atoms with van der Waals surface area (Å²) >= 11 is 1.41. The predicted molar refractivity (Wildman–Crippen MR) is 116 cm³/mol. The normalized spacial score (nSPS) is 12.7. The largest absolute Gasteiger partial charge is 0.390 e. The van der Waals surface area contributed by atoms with E-state index in [4.69, 9.17) is 0 Å². The lowest BCUT2D eigenvalue weighted by atomic mass is 10.00. The van der Waals surface area contributed by atoms with Crippen LogP contribution in [0, 0.1) is 0 Å². The fourth-order valence-corrected chi connectivity index (χ4v) is 3.80. The van der Waals surface area contributed by atoms with E-state index in [1.807, 2.05) is 31.2 Å². The van der Waals surface area contributed by atoms with E-state index in [0.29, 0.717) is 17.2 Å². The molecule has 3 rings (SSSR count). The van der Waals surface area contributed by atoms with Crippen LogP contribution in [0.2, 0.25) is 0 Å². The number of hydrogen-bond donors (Lipinski definition) is 3. The minimum absolute atomic E-state index is 0.0334. The van der Waals surface area contributed by atoms with Crippen LogP contribution in [0.3, 0.4) is 0 Å². The molecule has 28 heavy (non-hydrogen) atoms. The van der Waals surface area contributed by atoms with Crippen molar-refractivity contribution in [3.63, 3.8) is 0 Å². The summed E-state index contributed by atoms with van der Waals surface area (Å²) < 4.78 is 0. The van der Waals surface area contributed by atoms with Crippen molar-refractivity contribution in [3.8, 4) is 0 Å². The molecule has 0 aliphatic carbocycles. The number of anilines is 2. The molecule has 0 aliphatic heterocycles. The molecular weight excluding hydrogens is 370 g/mol. The summed E-state index contributed by atoms with van der Waals surface area (Å²) in [4.78, 5) is 16.9. The third-order valence-electron chi connectivity index (χ3n) is 4.57. The molecule has 1 amide bonds. The Balaban J connectivity index is 1.59. The van der Waals surface area contributed by atoms with E-state index in [1.54, 1.807) is 19.2 Å². The highest BCUT2D eigenvalue weighted by Crippen LogP contribution is 2.28. The number of amides is 1. The number of nitrogens with one attached hydrogen (secondary N) is 2. The zero-order valence-corrected chi connectivity index (χ0v) is 17.3. The molecule has 1 heterocycles. The third kappa shape index (κ3) is 5.53. The van der Waals surface area contributed by atoms with Crippen molar-refractivity contribution >= 4 is 38.8 Å². The van der Waals surface area contributed by atoms with Gasteiger partial charge in [-0.3, -0.25) is 4.79 Å². The van der Waals surface area contributed by atoms with Crippen molar-refractivity contribution in [1.82, 2.24) is 10.3 Å². The van der Waals surface area contributed by atoms with E-state index in [9.17, 15) is 9.90 Å². The van der Waals surface area contributed by atoms with Gasteiger partial charge in [0.05, 0.1) is 5.60 Å². The van der Waals surface area contributed by atoms with Gasteiger partial charge in [-0.2, -0.15) is 0 Å². The lowest BCUT2D eigenvalue weighted by Gasteiger charge is -2.18. The highest BCUT2D eigenvalue weighted by atomic mass is 32.1. The van der Waals surface area contributed by atoms with E-state index >= 15 is 0 Å². The molecule has 3 N–H and O–H groups in total. The monoisotopic (exact) mass is 397 g/mol. The van der Waals surface area contributed by atoms with Crippen molar-refractivity contribution in [3.05, 3.63) is 53.5 Å². The summed E-state index contributed by atoms with van der Waals surface area (Å²) in [5, 5.41) is 20.8. The summed E-state index contributed by atoms with van der Waals surface area (Å²) in [6, 6.07) is 14.3. The number of fused-ring (bicyclic) bond motifs is 1. The number of carbonyl (C=O) groups excluding carboxylic acids is 1. The van der Waals surface area contributed by atoms with Gasteiger partial charge in [-0.15, -0.1) is 11.3 Å². The average Bonchev–Trinajstić information content (AvgIpc) is 3.10. The maximum absolute atomic E-state index is 12.4. The molecule has 0 aliphatic rings. The van der Waals surface area contributed by atoms with Crippen molar-refractivity contribution < 1.29 is 9.90 Å². The standard InChI is InChI=1S/C22H27N3O2S/c1-15(8-7-13-22(2,3)27)23-20(26)19-14-28-21(25-19)24-18-12-6-10-16-9-4-5-11-17(16)18/h4-6,9-12,14-15,27H,7-8,13H2,1-3H3,(H,23,26)(H,24,25)/t15-/m1/s1. The summed E-state index contributed by atoms with van der Waals surface area (Å²) in [5.41, 5.74) is 0.724. The highest BCUT2D eigenvalue weighted by molar-refractivity contribution is 7.14. The number of aromatic nitrogens is 1. The first-order valence-electron chi connectivity index (χ1n) is 9.55.